The number of nitrogens with two attached hydrogens (primary N) is 2. The van der Waals surface area contributed by atoms with E-state index in [9.17, 15) is 4.39 Å². The van der Waals surface area contributed by atoms with Crippen LogP contribution in [0.5, 0.6) is 0 Å². The number of halogens is 2. The fourth-order valence-electron chi connectivity index (χ4n) is 1.11. The summed E-state index contributed by atoms with van der Waals surface area (Å²) >= 11 is 3.25. The highest BCUT2D eigenvalue weighted by Gasteiger charge is 2.15. The lowest BCUT2D eigenvalue weighted by Gasteiger charge is -2.13. The van der Waals surface area contributed by atoms with Gasteiger partial charge >= 0.3 is 0 Å². The zero-order chi connectivity index (χ0) is 10.0. The van der Waals surface area contributed by atoms with E-state index in [-0.39, 0.29) is 6.54 Å². The number of rotatable bonds is 2. The van der Waals surface area contributed by atoms with Gasteiger partial charge in [0.15, 0.2) is 0 Å². The minimum absolute atomic E-state index is 0.204. The van der Waals surface area contributed by atoms with Gasteiger partial charge in [-0.3, -0.25) is 0 Å². The molecule has 1 atom stereocenters. The average molecular weight is 248 g/mol. The van der Waals surface area contributed by atoms with Crippen LogP contribution in [-0.4, -0.2) is 11.5 Å². The van der Waals surface area contributed by atoms with Gasteiger partial charge in [-0.1, -0.05) is 0 Å². The molecule has 0 fully saturated rings. The van der Waals surface area contributed by atoms with E-state index in [0.717, 1.165) is 10.0 Å². The summed E-state index contributed by atoms with van der Waals surface area (Å²) in [5, 5.41) is 0. The molecule has 1 rings (SSSR count). The second-order valence-corrected chi connectivity index (χ2v) is 3.63. The topological polar surface area (TPSA) is 64.9 Å². The van der Waals surface area contributed by atoms with Crippen LogP contribution in [0.3, 0.4) is 0 Å². The zero-order valence-electron chi connectivity index (χ0n) is 7.22. The van der Waals surface area contributed by atoms with Crippen molar-refractivity contribution in [2.75, 3.05) is 6.54 Å². The van der Waals surface area contributed by atoms with Gasteiger partial charge in [0.2, 0.25) is 5.95 Å². The minimum Gasteiger partial charge on any atom is -0.329 e. The minimum atomic E-state index is -0.543. The summed E-state index contributed by atoms with van der Waals surface area (Å²) in [7, 11) is 0. The molecule has 5 heteroatoms. The first-order valence-corrected chi connectivity index (χ1v) is 4.63. The fraction of sp³-hybridized carbons (Fsp3) is 0.375. The molecule has 0 aliphatic rings. The van der Waals surface area contributed by atoms with Crippen LogP contribution < -0.4 is 11.5 Å². The Hall–Kier alpha value is -0.520. The Labute approximate surface area is 84.5 Å². The average Bonchev–Trinajstić information content (AvgIpc) is 2.12. The molecule has 0 spiro atoms. The van der Waals surface area contributed by atoms with Gasteiger partial charge in [0.1, 0.15) is 0 Å². The normalized spacial score (nSPS) is 13.0. The van der Waals surface area contributed by atoms with Crippen LogP contribution in [0.15, 0.2) is 10.7 Å². The van der Waals surface area contributed by atoms with Gasteiger partial charge in [-0.25, -0.2) is 4.98 Å². The molecule has 13 heavy (non-hydrogen) atoms. The molecular formula is C8H11BrFN3. The van der Waals surface area contributed by atoms with Gasteiger partial charge in [0.05, 0.1) is 0 Å². The van der Waals surface area contributed by atoms with E-state index < -0.39 is 12.0 Å². The van der Waals surface area contributed by atoms with Gasteiger partial charge in [0, 0.05) is 28.8 Å². The number of nitrogens with zero attached hydrogens (tertiary/aromatic N) is 1. The van der Waals surface area contributed by atoms with Crippen molar-refractivity contribution in [1.82, 2.24) is 4.98 Å². The lowest BCUT2D eigenvalue weighted by molar-refractivity contribution is 0.542. The van der Waals surface area contributed by atoms with Crippen molar-refractivity contribution in [2.45, 2.75) is 13.0 Å². The van der Waals surface area contributed by atoms with Crippen molar-refractivity contribution in [3.8, 4) is 0 Å². The molecule has 0 bridgehead atoms. The Balaban J connectivity index is 3.25. The van der Waals surface area contributed by atoms with Crippen LogP contribution in [0.4, 0.5) is 4.39 Å². The number of hydrogen-bond donors (Lipinski definition) is 2. The third-order valence-corrected chi connectivity index (χ3v) is 2.70. The highest BCUT2D eigenvalue weighted by atomic mass is 79.9. The van der Waals surface area contributed by atoms with E-state index in [1.54, 1.807) is 6.92 Å². The quantitative estimate of drug-likeness (QED) is 0.774. The molecule has 0 radical (unpaired) electrons. The summed E-state index contributed by atoms with van der Waals surface area (Å²) < 4.78 is 13.9. The lowest BCUT2D eigenvalue weighted by atomic mass is 10.0. The standard InChI is InChI=1S/C8H11BrFN3/c1-4-5(9)3-13-8(10)7(4)6(12)2-11/h3,6H,2,11-12H2,1H3/t6-/m0/s1. The zero-order valence-corrected chi connectivity index (χ0v) is 8.81. The first-order chi connectivity index (χ1) is 6.07. The van der Waals surface area contributed by atoms with Gasteiger partial charge in [-0.15, -0.1) is 0 Å². The molecule has 1 heterocycles. The van der Waals surface area contributed by atoms with Crippen molar-refractivity contribution in [3.63, 3.8) is 0 Å². The maximum Gasteiger partial charge on any atom is 0.218 e. The molecule has 0 unspecified atom stereocenters. The number of hydrogen-bond acceptors (Lipinski definition) is 3. The number of pyridine rings is 1. The molecule has 0 aliphatic carbocycles. The van der Waals surface area contributed by atoms with Gasteiger partial charge in [0.25, 0.3) is 0 Å². The molecule has 3 nitrogen and oxygen atoms in total. The highest BCUT2D eigenvalue weighted by molar-refractivity contribution is 9.10. The molecule has 1 aromatic heterocycles. The van der Waals surface area contributed by atoms with Gasteiger partial charge in [-0.05, 0) is 28.4 Å². The van der Waals surface area contributed by atoms with E-state index in [0.29, 0.717) is 5.56 Å². The summed E-state index contributed by atoms with van der Waals surface area (Å²) in [6, 6.07) is -0.495. The SMILES string of the molecule is Cc1c(Br)cnc(F)c1[C@@H](N)CN. The van der Waals surface area contributed by atoms with E-state index in [2.05, 4.69) is 20.9 Å². The van der Waals surface area contributed by atoms with Crippen LogP contribution in [0.1, 0.15) is 17.2 Å². The molecule has 72 valence electrons. The molecule has 0 amide bonds. The molecular weight excluding hydrogens is 237 g/mol. The summed E-state index contributed by atoms with van der Waals surface area (Å²) in [6.45, 7) is 1.98. The van der Waals surface area contributed by atoms with Crippen molar-refractivity contribution in [3.05, 3.63) is 27.7 Å². The predicted octanol–water partition coefficient (Wildman–Crippen LogP) is 1.25. The smallest absolute Gasteiger partial charge is 0.218 e. The summed E-state index contributed by atoms with van der Waals surface area (Å²) in [5.41, 5.74) is 12.1. The monoisotopic (exact) mass is 247 g/mol. The third kappa shape index (κ3) is 2.04. The molecule has 1 aromatic rings. The Morgan fingerprint density at radius 2 is 2.31 bits per heavy atom. The van der Waals surface area contributed by atoms with Crippen molar-refractivity contribution >= 4 is 15.9 Å². The van der Waals surface area contributed by atoms with Crippen molar-refractivity contribution in [1.29, 1.82) is 0 Å². The van der Waals surface area contributed by atoms with Crippen LogP contribution in [0.2, 0.25) is 0 Å². The summed E-state index contributed by atoms with van der Waals surface area (Å²) in [4.78, 5) is 3.56. The fourth-order valence-corrected chi connectivity index (χ4v) is 1.43. The molecule has 0 aromatic carbocycles. The summed E-state index contributed by atoms with van der Waals surface area (Å²) in [5.74, 6) is -0.543. The Morgan fingerprint density at radius 1 is 1.69 bits per heavy atom. The molecule has 0 saturated carbocycles. The van der Waals surface area contributed by atoms with E-state index in [4.69, 9.17) is 11.5 Å². The molecule has 4 N–H and O–H groups in total. The van der Waals surface area contributed by atoms with Crippen molar-refractivity contribution < 1.29 is 4.39 Å². The number of aromatic nitrogens is 1. The van der Waals surface area contributed by atoms with E-state index in [1.165, 1.54) is 6.20 Å². The second kappa shape index (κ2) is 4.13. The van der Waals surface area contributed by atoms with Gasteiger partial charge < -0.3 is 11.5 Å². The summed E-state index contributed by atoms with van der Waals surface area (Å²) in [6.07, 6.45) is 1.41. The van der Waals surface area contributed by atoms with Crippen LogP contribution in [0.25, 0.3) is 0 Å². The maximum absolute atomic E-state index is 13.2. The second-order valence-electron chi connectivity index (χ2n) is 2.78. The predicted molar refractivity (Wildman–Crippen MR) is 52.6 cm³/mol. The highest BCUT2D eigenvalue weighted by Crippen LogP contribution is 2.24. The Bertz CT molecular complexity index is 317. The molecule has 0 aliphatic heterocycles. The Kier molecular flexibility index (Phi) is 3.35. The first-order valence-electron chi connectivity index (χ1n) is 3.84. The van der Waals surface area contributed by atoms with Crippen LogP contribution in [0, 0.1) is 12.9 Å². The largest absolute Gasteiger partial charge is 0.329 e. The maximum atomic E-state index is 13.2. The van der Waals surface area contributed by atoms with Gasteiger partial charge in [-0.2, -0.15) is 4.39 Å². The first kappa shape index (κ1) is 10.6. The third-order valence-electron chi connectivity index (χ3n) is 1.90. The van der Waals surface area contributed by atoms with Crippen molar-refractivity contribution in [2.24, 2.45) is 11.5 Å². The molecule has 0 saturated heterocycles. The van der Waals surface area contributed by atoms with E-state index >= 15 is 0 Å². The van der Waals surface area contributed by atoms with Crippen LogP contribution >= 0.6 is 15.9 Å². The lowest BCUT2D eigenvalue weighted by Crippen LogP contribution is -2.23. The van der Waals surface area contributed by atoms with E-state index in [1.807, 2.05) is 0 Å². The Morgan fingerprint density at radius 3 is 2.85 bits per heavy atom. The van der Waals surface area contributed by atoms with Crippen LogP contribution in [-0.2, 0) is 0 Å².